The summed E-state index contributed by atoms with van der Waals surface area (Å²) in [7, 11) is 0. The molecule has 5 unspecified atom stereocenters. The second-order valence-electron chi connectivity index (χ2n) is 6.87. The highest BCUT2D eigenvalue weighted by Gasteiger charge is 2.23. The van der Waals surface area contributed by atoms with Gasteiger partial charge in [-0.05, 0) is 58.3 Å². The number of hydrogen-bond donors (Lipinski definition) is 3. The minimum atomic E-state index is -0.316. The summed E-state index contributed by atoms with van der Waals surface area (Å²) >= 11 is 0. The molecule has 21 heavy (non-hydrogen) atoms. The molecule has 3 heteroatoms. The third-order valence-corrected chi connectivity index (χ3v) is 4.60. The van der Waals surface area contributed by atoms with Gasteiger partial charge >= 0.3 is 0 Å². The van der Waals surface area contributed by atoms with Crippen LogP contribution in [0.2, 0.25) is 0 Å². The Labute approximate surface area is 131 Å². The SMILES string of the molecule is CCCCCC(CC(CCCCC(C)O)C(C)O)C(C)O. The quantitative estimate of drug-likeness (QED) is 0.452. The van der Waals surface area contributed by atoms with Gasteiger partial charge in [-0.2, -0.15) is 0 Å². The number of rotatable bonds is 13. The van der Waals surface area contributed by atoms with Gasteiger partial charge < -0.3 is 15.3 Å². The van der Waals surface area contributed by atoms with E-state index in [1.165, 1.54) is 19.3 Å². The molecule has 3 nitrogen and oxygen atoms in total. The Morgan fingerprint density at radius 1 is 0.667 bits per heavy atom. The highest BCUT2D eigenvalue weighted by atomic mass is 16.3. The lowest BCUT2D eigenvalue weighted by molar-refractivity contribution is 0.0577. The molecule has 0 aromatic carbocycles. The smallest absolute Gasteiger partial charge is 0.0540 e. The number of aliphatic hydroxyl groups excluding tert-OH is 3. The molecule has 0 saturated carbocycles. The van der Waals surface area contributed by atoms with Gasteiger partial charge in [-0.25, -0.2) is 0 Å². The molecule has 0 heterocycles. The van der Waals surface area contributed by atoms with E-state index >= 15 is 0 Å². The predicted octanol–water partition coefficient (Wildman–Crippen LogP) is 3.89. The lowest BCUT2D eigenvalue weighted by atomic mass is 9.82. The van der Waals surface area contributed by atoms with Gasteiger partial charge in [0.2, 0.25) is 0 Å². The van der Waals surface area contributed by atoms with Crippen LogP contribution < -0.4 is 0 Å². The molecule has 3 N–H and O–H groups in total. The first-order chi connectivity index (χ1) is 9.88. The maximum Gasteiger partial charge on any atom is 0.0540 e. The van der Waals surface area contributed by atoms with E-state index in [0.717, 1.165) is 38.5 Å². The lowest BCUT2D eigenvalue weighted by Crippen LogP contribution is -2.26. The summed E-state index contributed by atoms with van der Waals surface area (Å²) in [5, 5.41) is 29.2. The van der Waals surface area contributed by atoms with E-state index in [0.29, 0.717) is 5.92 Å². The van der Waals surface area contributed by atoms with Gasteiger partial charge in [0.1, 0.15) is 0 Å². The van der Waals surface area contributed by atoms with Crippen LogP contribution in [0.3, 0.4) is 0 Å². The van der Waals surface area contributed by atoms with E-state index < -0.39 is 0 Å². The molecule has 0 bridgehead atoms. The monoisotopic (exact) mass is 302 g/mol. The summed E-state index contributed by atoms with van der Waals surface area (Å²) < 4.78 is 0. The third kappa shape index (κ3) is 11.1. The van der Waals surface area contributed by atoms with E-state index in [1.54, 1.807) is 0 Å². The van der Waals surface area contributed by atoms with E-state index in [-0.39, 0.29) is 24.2 Å². The van der Waals surface area contributed by atoms with Crippen molar-refractivity contribution in [1.82, 2.24) is 0 Å². The van der Waals surface area contributed by atoms with Crippen molar-refractivity contribution in [3.05, 3.63) is 0 Å². The van der Waals surface area contributed by atoms with Crippen molar-refractivity contribution in [2.24, 2.45) is 11.8 Å². The Balaban J connectivity index is 4.22. The van der Waals surface area contributed by atoms with E-state index in [9.17, 15) is 15.3 Å². The Morgan fingerprint density at radius 3 is 1.48 bits per heavy atom. The van der Waals surface area contributed by atoms with Crippen molar-refractivity contribution in [1.29, 1.82) is 0 Å². The number of unbranched alkanes of at least 4 members (excludes halogenated alkanes) is 3. The number of hydrogen-bond acceptors (Lipinski definition) is 3. The first-order valence-corrected chi connectivity index (χ1v) is 8.92. The summed E-state index contributed by atoms with van der Waals surface area (Å²) in [6.45, 7) is 7.76. The lowest BCUT2D eigenvalue weighted by Gasteiger charge is -2.27. The van der Waals surface area contributed by atoms with Crippen molar-refractivity contribution >= 4 is 0 Å². The zero-order valence-corrected chi connectivity index (χ0v) is 14.6. The van der Waals surface area contributed by atoms with Gasteiger partial charge in [-0.1, -0.05) is 39.0 Å². The molecule has 0 amide bonds. The fourth-order valence-electron chi connectivity index (χ4n) is 3.00. The van der Waals surface area contributed by atoms with Crippen LogP contribution in [0.5, 0.6) is 0 Å². The Hall–Kier alpha value is -0.120. The molecule has 0 aliphatic rings. The second kappa shape index (κ2) is 12.4. The minimum Gasteiger partial charge on any atom is -0.393 e. The standard InChI is InChI=1S/C18H38O3/c1-5-6-7-11-17(15(3)20)13-18(16(4)21)12-9-8-10-14(2)19/h14-21H,5-13H2,1-4H3. The fraction of sp³-hybridized carbons (Fsp3) is 1.00. The normalized spacial score (nSPS) is 19.0. The zero-order chi connectivity index (χ0) is 16.3. The topological polar surface area (TPSA) is 60.7 Å². The maximum atomic E-state index is 9.99. The fourth-order valence-corrected chi connectivity index (χ4v) is 3.00. The molecule has 0 saturated heterocycles. The van der Waals surface area contributed by atoms with E-state index in [1.807, 2.05) is 20.8 Å². The predicted molar refractivity (Wildman–Crippen MR) is 89.2 cm³/mol. The van der Waals surface area contributed by atoms with Crippen LogP contribution >= 0.6 is 0 Å². The Morgan fingerprint density at radius 2 is 1.10 bits per heavy atom. The van der Waals surface area contributed by atoms with Crippen LogP contribution in [0.1, 0.15) is 85.5 Å². The highest BCUT2D eigenvalue weighted by molar-refractivity contribution is 4.74. The summed E-state index contributed by atoms with van der Waals surface area (Å²) in [5.41, 5.74) is 0. The Kier molecular flexibility index (Phi) is 12.4. The van der Waals surface area contributed by atoms with Gasteiger partial charge in [0.25, 0.3) is 0 Å². The zero-order valence-electron chi connectivity index (χ0n) is 14.6. The average molecular weight is 302 g/mol. The van der Waals surface area contributed by atoms with Crippen LogP contribution in [-0.4, -0.2) is 33.6 Å². The molecule has 5 atom stereocenters. The summed E-state index contributed by atoms with van der Waals surface area (Å²) in [6.07, 6.45) is 8.60. The van der Waals surface area contributed by atoms with Crippen LogP contribution in [0, 0.1) is 11.8 Å². The van der Waals surface area contributed by atoms with Gasteiger partial charge in [-0.3, -0.25) is 0 Å². The molecule has 0 aromatic rings. The molecule has 0 aromatic heterocycles. The maximum absolute atomic E-state index is 9.99. The Bertz CT molecular complexity index is 227. The molecule has 0 spiro atoms. The third-order valence-electron chi connectivity index (χ3n) is 4.60. The first kappa shape index (κ1) is 20.9. The van der Waals surface area contributed by atoms with Crippen molar-refractivity contribution in [3.63, 3.8) is 0 Å². The van der Waals surface area contributed by atoms with Gasteiger partial charge in [-0.15, -0.1) is 0 Å². The summed E-state index contributed by atoms with van der Waals surface area (Å²) in [6, 6.07) is 0. The number of aliphatic hydroxyl groups is 3. The summed E-state index contributed by atoms with van der Waals surface area (Å²) in [5.74, 6) is 0.563. The van der Waals surface area contributed by atoms with Crippen molar-refractivity contribution in [2.75, 3.05) is 0 Å². The first-order valence-electron chi connectivity index (χ1n) is 8.92. The van der Waals surface area contributed by atoms with E-state index in [2.05, 4.69) is 6.92 Å². The average Bonchev–Trinajstić information content (AvgIpc) is 2.39. The van der Waals surface area contributed by atoms with E-state index in [4.69, 9.17) is 0 Å². The largest absolute Gasteiger partial charge is 0.393 e. The van der Waals surface area contributed by atoms with Crippen LogP contribution in [0.4, 0.5) is 0 Å². The molecular weight excluding hydrogens is 264 g/mol. The molecule has 0 rings (SSSR count). The molecule has 0 fully saturated rings. The van der Waals surface area contributed by atoms with Crippen LogP contribution in [-0.2, 0) is 0 Å². The van der Waals surface area contributed by atoms with Crippen molar-refractivity contribution < 1.29 is 15.3 Å². The van der Waals surface area contributed by atoms with Gasteiger partial charge in [0.15, 0.2) is 0 Å². The molecule has 0 aliphatic heterocycles. The minimum absolute atomic E-state index is 0.228. The van der Waals surface area contributed by atoms with Crippen molar-refractivity contribution in [3.8, 4) is 0 Å². The second-order valence-corrected chi connectivity index (χ2v) is 6.87. The molecular formula is C18H38O3. The van der Waals surface area contributed by atoms with Crippen molar-refractivity contribution in [2.45, 2.75) is 104 Å². The highest BCUT2D eigenvalue weighted by Crippen LogP contribution is 2.28. The van der Waals surface area contributed by atoms with Gasteiger partial charge in [0.05, 0.1) is 18.3 Å². The van der Waals surface area contributed by atoms with Crippen LogP contribution in [0.25, 0.3) is 0 Å². The van der Waals surface area contributed by atoms with Gasteiger partial charge in [0, 0.05) is 0 Å². The molecule has 128 valence electrons. The molecule has 0 aliphatic carbocycles. The molecule has 0 radical (unpaired) electrons. The summed E-state index contributed by atoms with van der Waals surface area (Å²) in [4.78, 5) is 0. The van der Waals surface area contributed by atoms with Crippen LogP contribution in [0.15, 0.2) is 0 Å².